The van der Waals surface area contributed by atoms with E-state index in [0.717, 1.165) is 22.4 Å². The van der Waals surface area contributed by atoms with Crippen molar-refractivity contribution in [2.24, 2.45) is 0 Å². The average molecular weight is 162 g/mol. The van der Waals surface area contributed by atoms with Gasteiger partial charge in [-0.3, -0.25) is 4.79 Å². The quantitative estimate of drug-likeness (QED) is 0.628. The number of carbonyl (C=O) groups excluding carboxylic acids is 1. The zero-order chi connectivity index (χ0) is 8.72. The molecule has 0 amide bonds. The second-order valence-electron chi connectivity index (χ2n) is 3.08. The van der Waals surface area contributed by atoms with Gasteiger partial charge in [0, 0.05) is 12.0 Å². The van der Waals surface area contributed by atoms with E-state index in [1.165, 1.54) is 0 Å². The minimum Gasteiger partial charge on any atom is -0.496 e. The fourth-order valence-electron chi connectivity index (χ4n) is 1.52. The standard InChI is InChI=1S/C10H10O2/c1-6-3-8-7(4-9(8)11)5-10(6)12-2/h3,5H,4H2,1-2H3. The molecule has 0 saturated carbocycles. The van der Waals surface area contributed by atoms with Crippen LogP contribution in [0.1, 0.15) is 21.5 Å². The van der Waals surface area contributed by atoms with Crippen molar-refractivity contribution < 1.29 is 9.53 Å². The molecule has 1 aliphatic carbocycles. The fourth-order valence-corrected chi connectivity index (χ4v) is 1.52. The largest absolute Gasteiger partial charge is 0.496 e. The molecule has 0 bridgehead atoms. The molecule has 2 nitrogen and oxygen atoms in total. The van der Waals surface area contributed by atoms with Gasteiger partial charge in [-0.2, -0.15) is 0 Å². The van der Waals surface area contributed by atoms with Gasteiger partial charge in [0.2, 0.25) is 0 Å². The van der Waals surface area contributed by atoms with Crippen LogP contribution in [0.2, 0.25) is 0 Å². The summed E-state index contributed by atoms with van der Waals surface area (Å²) in [7, 11) is 1.65. The van der Waals surface area contributed by atoms with Crippen molar-refractivity contribution in [1.29, 1.82) is 0 Å². The number of hydrogen-bond donors (Lipinski definition) is 0. The lowest BCUT2D eigenvalue weighted by Gasteiger charge is -2.19. The van der Waals surface area contributed by atoms with Gasteiger partial charge in [-0.25, -0.2) is 0 Å². The molecule has 0 heterocycles. The summed E-state index contributed by atoms with van der Waals surface area (Å²) in [5.41, 5.74) is 3.01. The molecule has 1 aliphatic rings. The maximum absolute atomic E-state index is 11.0. The lowest BCUT2D eigenvalue weighted by Crippen LogP contribution is -2.18. The Labute approximate surface area is 71.2 Å². The SMILES string of the molecule is COc1cc2c(cc1C)C(=O)C2. The monoisotopic (exact) mass is 162 g/mol. The van der Waals surface area contributed by atoms with Crippen molar-refractivity contribution >= 4 is 5.78 Å². The van der Waals surface area contributed by atoms with Gasteiger partial charge in [-0.1, -0.05) is 0 Å². The van der Waals surface area contributed by atoms with Crippen molar-refractivity contribution in [3.05, 3.63) is 28.8 Å². The van der Waals surface area contributed by atoms with Crippen molar-refractivity contribution in [3.8, 4) is 5.75 Å². The summed E-state index contributed by atoms with van der Waals surface area (Å²) in [6.45, 7) is 1.95. The van der Waals surface area contributed by atoms with Gasteiger partial charge in [-0.15, -0.1) is 0 Å². The molecule has 0 radical (unpaired) electrons. The Morgan fingerprint density at radius 1 is 1.42 bits per heavy atom. The molecule has 1 aromatic carbocycles. The van der Waals surface area contributed by atoms with Gasteiger partial charge in [0.1, 0.15) is 5.75 Å². The molecule has 0 fully saturated rings. The molecule has 0 unspecified atom stereocenters. The normalized spacial score (nSPS) is 13.7. The first-order chi connectivity index (χ1) is 5.72. The third kappa shape index (κ3) is 0.843. The number of benzene rings is 1. The Balaban J connectivity index is 2.54. The smallest absolute Gasteiger partial charge is 0.167 e. The number of ether oxygens (including phenoxy) is 1. The van der Waals surface area contributed by atoms with Crippen molar-refractivity contribution in [3.63, 3.8) is 0 Å². The number of Topliss-reactive ketones (excluding diaryl/α,β-unsaturated/α-hetero) is 1. The molecule has 0 spiro atoms. The van der Waals surface area contributed by atoms with Crippen LogP contribution in [0.25, 0.3) is 0 Å². The first kappa shape index (κ1) is 7.35. The van der Waals surface area contributed by atoms with Crippen LogP contribution in [0.5, 0.6) is 5.75 Å². The number of fused-ring (bicyclic) bond motifs is 1. The van der Waals surface area contributed by atoms with E-state index >= 15 is 0 Å². The first-order valence-corrected chi connectivity index (χ1v) is 3.93. The molecule has 62 valence electrons. The molecule has 1 aromatic rings. The Morgan fingerprint density at radius 2 is 2.17 bits per heavy atom. The number of ketones is 1. The van der Waals surface area contributed by atoms with Crippen molar-refractivity contribution in [2.75, 3.05) is 7.11 Å². The second-order valence-corrected chi connectivity index (χ2v) is 3.08. The number of rotatable bonds is 1. The van der Waals surface area contributed by atoms with Gasteiger partial charge in [0.05, 0.1) is 7.11 Å². The third-order valence-corrected chi connectivity index (χ3v) is 2.27. The van der Waals surface area contributed by atoms with Gasteiger partial charge >= 0.3 is 0 Å². The Morgan fingerprint density at radius 3 is 2.75 bits per heavy atom. The van der Waals surface area contributed by atoms with Crippen LogP contribution in [0.3, 0.4) is 0 Å². The molecule has 0 atom stereocenters. The van der Waals surface area contributed by atoms with Crippen LogP contribution in [0, 0.1) is 6.92 Å². The highest BCUT2D eigenvalue weighted by molar-refractivity contribution is 6.06. The van der Waals surface area contributed by atoms with Crippen molar-refractivity contribution in [1.82, 2.24) is 0 Å². The highest BCUT2D eigenvalue weighted by Gasteiger charge is 2.24. The Kier molecular flexibility index (Phi) is 1.43. The number of hydrogen-bond acceptors (Lipinski definition) is 2. The Hall–Kier alpha value is -1.31. The maximum Gasteiger partial charge on any atom is 0.167 e. The number of methoxy groups -OCH3 is 1. The highest BCUT2D eigenvalue weighted by Crippen LogP contribution is 2.29. The lowest BCUT2D eigenvalue weighted by molar-refractivity contribution is 0.0967. The minimum absolute atomic E-state index is 0.246. The predicted molar refractivity (Wildman–Crippen MR) is 45.8 cm³/mol. The van der Waals surface area contributed by atoms with E-state index in [1.807, 2.05) is 19.1 Å². The summed E-state index contributed by atoms with van der Waals surface area (Å²) >= 11 is 0. The van der Waals surface area contributed by atoms with E-state index in [1.54, 1.807) is 7.11 Å². The third-order valence-electron chi connectivity index (χ3n) is 2.27. The summed E-state index contributed by atoms with van der Waals surface area (Å²) in [5.74, 6) is 1.12. The molecule has 0 N–H and O–H groups in total. The van der Waals surface area contributed by atoms with E-state index < -0.39 is 0 Å². The molecular formula is C10H10O2. The van der Waals surface area contributed by atoms with Gasteiger partial charge in [-0.05, 0) is 30.2 Å². The first-order valence-electron chi connectivity index (χ1n) is 3.93. The van der Waals surface area contributed by atoms with Gasteiger partial charge in [0.25, 0.3) is 0 Å². The zero-order valence-corrected chi connectivity index (χ0v) is 7.18. The van der Waals surface area contributed by atoms with E-state index in [-0.39, 0.29) is 5.78 Å². The van der Waals surface area contributed by atoms with E-state index in [9.17, 15) is 4.79 Å². The van der Waals surface area contributed by atoms with E-state index in [2.05, 4.69) is 0 Å². The van der Waals surface area contributed by atoms with Crippen LogP contribution in [-0.4, -0.2) is 12.9 Å². The second kappa shape index (κ2) is 2.34. The summed E-state index contributed by atoms with van der Waals surface area (Å²) in [5, 5.41) is 0. The average Bonchev–Trinajstić information content (AvgIpc) is 2.06. The van der Waals surface area contributed by atoms with Crippen molar-refractivity contribution in [2.45, 2.75) is 13.3 Å². The molecule has 12 heavy (non-hydrogen) atoms. The molecule has 0 aromatic heterocycles. The van der Waals surface area contributed by atoms with Gasteiger partial charge in [0.15, 0.2) is 5.78 Å². The molecule has 0 aliphatic heterocycles. The number of aryl methyl sites for hydroxylation is 1. The maximum atomic E-state index is 11.0. The summed E-state index contributed by atoms with van der Waals surface area (Å²) < 4.78 is 5.14. The van der Waals surface area contributed by atoms with E-state index in [0.29, 0.717) is 6.42 Å². The van der Waals surface area contributed by atoms with Gasteiger partial charge < -0.3 is 4.74 Å². The molecule has 0 saturated heterocycles. The summed E-state index contributed by atoms with van der Waals surface area (Å²) in [6.07, 6.45) is 0.575. The van der Waals surface area contributed by atoms with Crippen LogP contribution >= 0.6 is 0 Å². The molecule has 2 rings (SSSR count). The highest BCUT2D eigenvalue weighted by atomic mass is 16.5. The summed E-state index contributed by atoms with van der Waals surface area (Å²) in [4.78, 5) is 11.0. The molecular weight excluding hydrogens is 152 g/mol. The van der Waals surface area contributed by atoms with Crippen LogP contribution in [-0.2, 0) is 6.42 Å². The molecule has 2 heteroatoms. The van der Waals surface area contributed by atoms with Crippen LogP contribution in [0.15, 0.2) is 12.1 Å². The number of carbonyl (C=O) groups is 1. The van der Waals surface area contributed by atoms with E-state index in [4.69, 9.17) is 4.74 Å². The van der Waals surface area contributed by atoms with Crippen LogP contribution < -0.4 is 4.74 Å². The summed E-state index contributed by atoms with van der Waals surface area (Å²) in [6, 6.07) is 3.85. The van der Waals surface area contributed by atoms with Crippen LogP contribution in [0.4, 0.5) is 0 Å². The predicted octanol–water partition coefficient (Wildman–Crippen LogP) is 1.74. The minimum atomic E-state index is 0.246. The topological polar surface area (TPSA) is 26.3 Å². The lowest BCUT2D eigenvalue weighted by atomic mass is 9.86. The fraction of sp³-hybridized carbons (Fsp3) is 0.300. The zero-order valence-electron chi connectivity index (χ0n) is 7.18. The Bertz CT molecular complexity index is 353.